The summed E-state index contributed by atoms with van der Waals surface area (Å²) in [7, 11) is 5.10. The minimum Gasteiger partial charge on any atom is -0.497 e. The number of fused-ring (bicyclic) bond motifs is 1. The van der Waals surface area contributed by atoms with Crippen LogP contribution in [0.3, 0.4) is 0 Å². The molecule has 7 heteroatoms. The molecule has 0 radical (unpaired) electrons. The first kappa shape index (κ1) is 20.0. The Hall–Kier alpha value is -3.32. The van der Waals surface area contributed by atoms with Crippen LogP contribution in [0.4, 0.5) is 0 Å². The molecule has 0 atom stereocenters. The van der Waals surface area contributed by atoms with E-state index in [1.54, 1.807) is 19.1 Å². The van der Waals surface area contributed by atoms with Crippen LogP contribution in [-0.2, 0) is 17.8 Å². The number of likely N-dealkylation sites (N-methyl/N-ethyl adjacent to an activating group) is 1. The van der Waals surface area contributed by atoms with Gasteiger partial charge in [0.1, 0.15) is 11.5 Å². The van der Waals surface area contributed by atoms with Crippen LogP contribution >= 0.6 is 11.3 Å². The highest BCUT2D eigenvalue weighted by molar-refractivity contribution is 7.15. The molecule has 0 aliphatic rings. The molecule has 0 unspecified atom stereocenters. The predicted molar refractivity (Wildman–Crippen MR) is 118 cm³/mol. The number of ether oxygens (including phenoxy) is 2. The number of amides is 1. The summed E-state index contributed by atoms with van der Waals surface area (Å²) in [5, 5.41) is 1.99. The van der Waals surface area contributed by atoms with Crippen molar-refractivity contribution in [1.82, 2.24) is 14.3 Å². The lowest BCUT2D eigenvalue weighted by Crippen LogP contribution is -2.28. The molecule has 2 aromatic heterocycles. The summed E-state index contributed by atoms with van der Waals surface area (Å²) in [6, 6.07) is 15.6. The average Bonchev–Trinajstić information content (AvgIpc) is 3.35. The molecule has 0 bridgehead atoms. The largest absolute Gasteiger partial charge is 0.497 e. The summed E-state index contributed by atoms with van der Waals surface area (Å²) in [5.74, 6) is 1.52. The molecule has 30 heavy (non-hydrogen) atoms. The summed E-state index contributed by atoms with van der Waals surface area (Å²) >= 11 is 1.52. The van der Waals surface area contributed by atoms with Crippen molar-refractivity contribution in [1.29, 1.82) is 0 Å². The van der Waals surface area contributed by atoms with Gasteiger partial charge in [-0.15, -0.1) is 11.3 Å². The number of thiazole rings is 1. The van der Waals surface area contributed by atoms with Gasteiger partial charge in [-0.05, 0) is 23.8 Å². The standard InChI is InChI=1S/C23H23N3O3S/c1-25(13-16-7-5-4-6-8-16)22(27)11-17-15-30-23-24-20(14-26(17)23)19-12-18(28-2)9-10-21(19)29-3/h4-10,12,14-15H,11,13H2,1-3H3. The Kier molecular flexibility index (Phi) is 5.72. The maximum atomic E-state index is 12.8. The molecule has 6 nitrogen and oxygen atoms in total. The smallest absolute Gasteiger partial charge is 0.228 e. The summed E-state index contributed by atoms with van der Waals surface area (Å²) in [4.78, 5) is 20.1. The number of nitrogens with zero attached hydrogens (tertiary/aromatic N) is 3. The van der Waals surface area contributed by atoms with Crippen molar-refractivity contribution >= 4 is 22.2 Å². The Morgan fingerprint density at radius 1 is 1.13 bits per heavy atom. The van der Waals surface area contributed by atoms with Crippen LogP contribution in [0, 0.1) is 0 Å². The lowest BCUT2D eigenvalue weighted by Gasteiger charge is -2.17. The Balaban J connectivity index is 1.57. The van der Waals surface area contributed by atoms with E-state index in [-0.39, 0.29) is 5.91 Å². The lowest BCUT2D eigenvalue weighted by atomic mass is 10.1. The second kappa shape index (κ2) is 8.59. The number of benzene rings is 2. The van der Waals surface area contributed by atoms with E-state index in [0.717, 1.165) is 39.0 Å². The van der Waals surface area contributed by atoms with Crippen molar-refractivity contribution in [2.24, 2.45) is 0 Å². The number of methoxy groups -OCH3 is 2. The van der Waals surface area contributed by atoms with Crippen LogP contribution in [-0.4, -0.2) is 41.5 Å². The van der Waals surface area contributed by atoms with Crippen molar-refractivity contribution in [3.63, 3.8) is 0 Å². The van der Waals surface area contributed by atoms with Gasteiger partial charge >= 0.3 is 0 Å². The van der Waals surface area contributed by atoms with E-state index in [0.29, 0.717) is 13.0 Å². The van der Waals surface area contributed by atoms with Crippen LogP contribution in [0.2, 0.25) is 0 Å². The summed E-state index contributed by atoms with van der Waals surface area (Å²) in [5.41, 5.74) is 3.66. The van der Waals surface area contributed by atoms with Crippen LogP contribution in [0.15, 0.2) is 60.1 Å². The number of rotatable bonds is 7. The first-order chi connectivity index (χ1) is 14.6. The SMILES string of the molecule is COc1ccc(OC)c(-c2cn3c(CC(=O)N(C)Cc4ccccc4)csc3n2)c1. The molecule has 0 N–H and O–H groups in total. The van der Waals surface area contributed by atoms with Gasteiger partial charge in [-0.3, -0.25) is 9.20 Å². The van der Waals surface area contributed by atoms with Gasteiger partial charge in [0.25, 0.3) is 0 Å². The average molecular weight is 422 g/mol. The number of carbonyl (C=O) groups is 1. The maximum absolute atomic E-state index is 12.8. The second-order valence-corrected chi connectivity index (χ2v) is 7.82. The monoisotopic (exact) mass is 421 g/mol. The van der Waals surface area contributed by atoms with Crippen molar-refractivity contribution in [3.8, 4) is 22.8 Å². The summed E-state index contributed by atoms with van der Waals surface area (Å²) in [6.45, 7) is 0.586. The van der Waals surface area contributed by atoms with Gasteiger partial charge in [-0.2, -0.15) is 0 Å². The fourth-order valence-electron chi connectivity index (χ4n) is 3.34. The third-order valence-corrected chi connectivity index (χ3v) is 5.88. The van der Waals surface area contributed by atoms with Crippen LogP contribution < -0.4 is 9.47 Å². The molecular formula is C23H23N3O3S. The minimum atomic E-state index is 0.0627. The van der Waals surface area contributed by atoms with E-state index >= 15 is 0 Å². The number of aromatic nitrogens is 2. The van der Waals surface area contributed by atoms with Gasteiger partial charge in [0.15, 0.2) is 4.96 Å². The van der Waals surface area contributed by atoms with Gasteiger partial charge in [-0.1, -0.05) is 30.3 Å². The molecule has 0 fully saturated rings. The van der Waals surface area contributed by atoms with E-state index in [1.165, 1.54) is 11.3 Å². The molecule has 2 aromatic carbocycles. The van der Waals surface area contributed by atoms with Crippen molar-refractivity contribution in [3.05, 3.63) is 71.4 Å². The zero-order chi connectivity index (χ0) is 21.1. The van der Waals surface area contributed by atoms with Crippen LogP contribution in [0.5, 0.6) is 11.5 Å². The normalized spacial score (nSPS) is 10.9. The molecule has 0 aliphatic heterocycles. The highest BCUT2D eigenvalue weighted by Gasteiger charge is 2.17. The Labute approximate surface area is 179 Å². The molecule has 4 aromatic rings. The van der Waals surface area contributed by atoms with Gasteiger partial charge in [0, 0.05) is 36.4 Å². The summed E-state index contributed by atoms with van der Waals surface area (Å²) < 4.78 is 12.8. The number of hydrogen-bond acceptors (Lipinski definition) is 5. The molecule has 154 valence electrons. The van der Waals surface area contributed by atoms with Crippen molar-refractivity contribution < 1.29 is 14.3 Å². The molecule has 0 aliphatic carbocycles. The number of imidazole rings is 1. The Morgan fingerprint density at radius 3 is 2.67 bits per heavy atom. The first-order valence-corrected chi connectivity index (χ1v) is 10.4. The topological polar surface area (TPSA) is 56.1 Å². The van der Waals surface area contributed by atoms with Crippen LogP contribution in [0.1, 0.15) is 11.3 Å². The second-order valence-electron chi connectivity index (χ2n) is 6.98. The third kappa shape index (κ3) is 4.02. The molecule has 0 saturated carbocycles. The predicted octanol–water partition coefficient (Wildman–Crippen LogP) is 4.28. The van der Waals surface area contributed by atoms with Crippen molar-refractivity contribution in [2.45, 2.75) is 13.0 Å². The van der Waals surface area contributed by atoms with Crippen LogP contribution in [0.25, 0.3) is 16.2 Å². The highest BCUT2D eigenvalue weighted by Crippen LogP contribution is 2.34. The first-order valence-electron chi connectivity index (χ1n) is 9.55. The van der Waals surface area contributed by atoms with E-state index < -0.39 is 0 Å². The maximum Gasteiger partial charge on any atom is 0.228 e. The fourth-order valence-corrected chi connectivity index (χ4v) is 4.21. The molecule has 1 amide bonds. The van der Waals surface area contributed by atoms with E-state index in [1.807, 2.05) is 71.6 Å². The minimum absolute atomic E-state index is 0.0627. The van der Waals surface area contributed by atoms with Gasteiger partial charge in [-0.25, -0.2) is 4.98 Å². The quantitative estimate of drug-likeness (QED) is 0.447. The number of hydrogen-bond donors (Lipinski definition) is 0. The molecule has 0 spiro atoms. The van der Waals surface area contributed by atoms with Gasteiger partial charge in [0.05, 0.1) is 26.3 Å². The zero-order valence-electron chi connectivity index (χ0n) is 17.2. The number of carbonyl (C=O) groups excluding carboxylic acids is 1. The van der Waals surface area contributed by atoms with E-state index in [4.69, 9.17) is 14.5 Å². The molecule has 2 heterocycles. The molecule has 0 saturated heterocycles. The third-order valence-electron chi connectivity index (χ3n) is 4.99. The lowest BCUT2D eigenvalue weighted by molar-refractivity contribution is -0.129. The van der Waals surface area contributed by atoms with Gasteiger partial charge in [0.2, 0.25) is 5.91 Å². The fraction of sp³-hybridized carbons (Fsp3) is 0.217. The van der Waals surface area contributed by atoms with E-state index in [9.17, 15) is 4.79 Å². The van der Waals surface area contributed by atoms with E-state index in [2.05, 4.69) is 0 Å². The Bertz CT molecular complexity index is 1170. The van der Waals surface area contributed by atoms with Crippen molar-refractivity contribution in [2.75, 3.05) is 21.3 Å². The zero-order valence-corrected chi connectivity index (χ0v) is 18.0. The highest BCUT2D eigenvalue weighted by atomic mass is 32.1. The summed E-state index contributed by atoms with van der Waals surface area (Å²) in [6.07, 6.45) is 2.26. The Morgan fingerprint density at radius 2 is 1.93 bits per heavy atom. The van der Waals surface area contributed by atoms with Gasteiger partial charge < -0.3 is 14.4 Å². The molecular weight excluding hydrogens is 398 g/mol. The molecule has 4 rings (SSSR count).